The van der Waals surface area contributed by atoms with Crippen molar-refractivity contribution in [2.24, 2.45) is 0 Å². The average molecular weight is 309 g/mol. The summed E-state index contributed by atoms with van der Waals surface area (Å²) in [5, 5.41) is 32.8. The molecular formula is C14H13ClN2O4. The Morgan fingerprint density at radius 2 is 1.81 bits per heavy atom. The van der Waals surface area contributed by atoms with Crippen molar-refractivity contribution in [1.82, 2.24) is 0 Å². The second kappa shape index (κ2) is 5.88. The predicted molar refractivity (Wildman–Crippen MR) is 79.9 cm³/mol. The molecule has 2 aromatic carbocycles. The number of halogens is 1. The number of phenols is 2. The fourth-order valence-electron chi connectivity index (χ4n) is 1.95. The molecule has 0 bridgehead atoms. The lowest BCUT2D eigenvalue weighted by atomic mass is 10.1. The summed E-state index contributed by atoms with van der Waals surface area (Å²) in [5.41, 5.74) is 1.10. The molecule has 6 nitrogen and oxygen atoms in total. The molecule has 21 heavy (non-hydrogen) atoms. The molecule has 0 aliphatic heterocycles. The molecule has 3 N–H and O–H groups in total. The van der Waals surface area contributed by atoms with Crippen molar-refractivity contribution in [1.29, 1.82) is 0 Å². The van der Waals surface area contributed by atoms with E-state index in [1.54, 1.807) is 6.07 Å². The lowest BCUT2D eigenvalue weighted by Crippen LogP contribution is -2.06. The van der Waals surface area contributed by atoms with Crippen molar-refractivity contribution >= 4 is 23.0 Å². The molecule has 7 heteroatoms. The van der Waals surface area contributed by atoms with Gasteiger partial charge in [-0.15, -0.1) is 0 Å². The van der Waals surface area contributed by atoms with E-state index < -0.39 is 4.92 Å². The number of aromatic hydroxyl groups is 2. The van der Waals surface area contributed by atoms with Crippen LogP contribution in [0, 0.1) is 10.1 Å². The summed E-state index contributed by atoms with van der Waals surface area (Å²) in [4.78, 5) is 10.1. The first kappa shape index (κ1) is 14.9. The molecule has 0 saturated carbocycles. The van der Waals surface area contributed by atoms with E-state index in [1.165, 1.54) is 30.3 Å². The maximum absolute atomic E-state index is 10.7. The normalized spacial score (nSPS) is 11.9. The third-order valence-electron chi connectivity index (χ3n) is 2.95. The van der Waals surface area contributed by atoms with Gasteiger partial charge in [0.25, 0.3) is 5.69 Å². The van der Waals surface area contributed by atoms with Crippen LogP contribution in [-0.4, -0.2) is 15.1 Å². The number of benzene rings is 2. The van der Waals surface area contributed by atoms with Crippen molar-refractivity contribution in [3.8, 4) is 11.5 Å². The number of nitro groups is 1. The van der Waals surface area contributed by atoms with E-state index in [9.17, 15) is 20.3 Å². The molecule has 0 aliphatic rings. The van der Waals surface area contributed by atoms with Gasteiger partial charge in [-0.2, -0.15) is 0 Å². The second-order valence-electron chi connectivity index (χ2n) is 4.57. The smallest absolute Gasteiger partial charge is 0.288 e. The molecule has 0 aliphatic carbocycles. The number of rotatable bonds is 4. The highest BCUT2D eigenvalue weighted by atomic mass is 35.5. The first-order valence-corrected chi connectivity index (χ1v) is 6.48. The Labute approximate surface area is 125 Å². The summed E-state index contributed by atoms with van der Waals surface area (Å²) in [7, 11) is 0. The third kappa shape index (κ3) is 3.55. The Kier molecular flexibility index (Phi) is 4.18. The van der Waals surface area contributed by atoms with Gasteiger partial charge in [0.1, 0.15) is 16.5 Å². The third-order valence-corrected chi connectivity index (χ3v) is 3.26. The van der Waals surface area contributed by atoms with E-state index in [-0.39, 0.29) is 28.3 Å². The minimum absolute atomic E-state index is 0.0379. The van der Waals surface area contributed by atoms with E-state index in [2.05, 4.69) is 5.32 Å². The Morgan fingerprint density at radius 1 is 1.19 bits per heavy atom. The number of hydrogen-bond acceptors (Lipinski definition) is 5. The van der Waals surface area contributed by atoms with Gasteiger partial charge in [-0.25, -0.2) is 0 Å². The maximum atomic E-state index is 10.7. The maximum Gasteiger partial charge on any atom is 0.288 e. The molecule has 0 radical (unpaired) electrons. The zero-order chi connectivity index (χ0) is 15.6. The van der Waals surface area contributed by atoms with Crippen LogP contribution in [-0.2, 0) is 0 Å². The second-order valence-corrected chi connectivity index (χ2v) is 4.98. The quantitative estimate of drug-likeness (QED) is 0.589. The van der Waals surface area contributed by atoms with Gasteiger partial charge < -0.3 is 15.5 Å². The molecule has 1 unspecified atom stereocenters. The van der Waals surface area contributed by atoms with E-state index in [0.29, 0.717) is 11.3 Å². The predicted octanol–water partition coefficient (Wildman–Crippen LogP) is 3.83. The van der Waals surface area contributed by atoms with E-state index in [1.807, 2.05) is 6.92 Å². The molecule has 0 saturated heterocycles. The van der Waals surface area contributed by atoms with Crippen molar-refractivity contribution in [3.05, 3.63) is 57.1 Å². The number of nitrogens with one attached hydrogen (secondary N) is 1. The molecule has 0 spiro atoms. The van der Waals surface area contributed by atoms with Crippen molar-refractivity contribution in [3.63, 3.8) is 0 Å². The van der Waals surface area contributed by atoms with Crippen molar-refractivity contribution in [2.75, 3.05) is 5.32 Å². The first-order valence-electron chi connectivity index (χ1n) is 6.10. The summed E-state index contributed by atoms with van der Waals surface area (Å²) in [6.45, 7) is 1.82. The highest BCUT2D eigenvalue weighted by Crippen LogP contribution is 2.30. The molecule has 0 amide bonds. The lowest BCUT2D eigenvalue weighted by Gasteiger charge is -2.16. The highest BCUT2D eigenvalue weighted by Gasteiger charge is 2.14. The van der Waals surface area contributed by atoms with Gasteiger partial charge in [-0.1, -0.05) is 11.6 Å². The highest BCUT2D eigenvalue weighted by molar-refractivity contribution is 6.32. The van der Waals surface area contributed by atoms with E-state index in [0.717, 1.165) is 0 Å². The van der Waals surface area contributed by atoms with Crippen LogP contribution in [0.1, 0.15) is 18.5 Å². The van der Waals surface area contributed by atoms with Crippen molar-refractivity contribution in [2.45, 2.75) is 13.0 Å². The van der Waals surface area contributed by atoms with Crippen LogP contribution in [0.15, 0.2) is 36.4 Å². The van der Waals surface area contributed by atoms with Crippen LogP contribution < -0.4 is 5.32 Å². The first-order chi connectivity index (χ1) is 9.86. The number of hydrogen-bond donors (Lipinski definition) is 3. The fraction of sp³-hybridized carbons (Fsp3) is 0.143. The molecule has 1 atom stereocenters. The van der Waals surface area contributed by atoms with Gasteiger partial charge in [0.05, 0.1) is 4.92 Å². The monoisotopic (exact) mass is 308 g/mol. The number of nitro benzene ring substituents is 1. The summed E-state index contributed by atoms with van der Waals surface area (Å²) in [5.74, 6) is -0.0826. The van der Waals surface area contributed by atoms with Crippen LogP contribution in [0.4, 0.5) is 11.4 Å². The van der Waals surface area contributed by atoms with Gasteiger partial charge in [-0.05, 0) is 36.8 Å². The Morgan fingerprint density at radius 3 is 2.33 bits per heavy atom. The van der Waals surface area contributed by atoms with Gasteiger partial charge in [0.15, 0.2) is 0 Å². The number of anilines is 1. The Balaban J connectivity index is 2.21. The molecule has 2 rings (SSSR count). The SMILES string of the molecule is CC(Nc1ccc([N+](=O)[O-])c(Cl)c1)c1cc(O)cc(O)c1. The Hall–Kier alpha value is -2.47. The molecule has 110 valence electrons. The van der Waals surface area contributed by atoms with Crippen molar-refractivity contribution < 1.29 is 15.1 Å². The summed E-state index contributed by atoms with van der Waals surface area (Å²) >= 11 is 5.84. The zero-order valence-corrected chi connectivity index (χ0v) is 11.8. The fourth-order valence-corrected chi connectivity index (χ4v) is 2.20. The van der Waals surface area contributed by atoms with E-state index in [4.69, 9.17) is 11.6 Å². The van der Waals surface area contributed by atoms with E-state index >= 15 is 0 Å². The minimum atomic E-state index is -0.553. The van der Waals surface area contributed by atoms with Gasteiger partial charge >= 0.3 is 0 Å². The average Bonchev–Trinajstić information content (AvgIpc) is 2.37. The van der Waals surface area contributed by atoms with Crippen LogP contribution in [0.25, 0.3) is 0 Å². The largest absolute Gasteiger partial charge is 0.508 e. The molecule has 2 aromatic rings. The molecule has 0 aromatic heterocycles. The lowest BCUT2D eigenvalue weighted by molar-refractivity contribution is -0.384. The standard InChI is InChI=1S/C14H13ClN2O4/c1-8(9-4-11(18)7-12(19)5-9)16-10-2-3-14(17(20)21)13(15)6-10/h2-8,16,18-19H,1H3. The van der Waals surface area contributed by atoms with Crippen LogP contribution in [0.5, 0.6) is 11.5 Å². The number of phenolic OH excluding ortho intramolecular Hbond substituents is 2. The minimum Gasteiger partial charge on any atom is -0.508 e. The molecule has 0 fully saturated rings. The van der Waals surface area contributed by atoms with Crippen LogP contribution in [0.2, 0.25) is 5.02 Å². The van der Waals surface area contributed by atoms with Crippen LogP contribution >= 0.6 is 11.6 Å². The summed E-state index contributed by atoms with van der Waals surface area (Å²) in [6.07, 6.45) is 0. The summed E-state index contributed by atoms with van der Waals surface area (Å²) < 4.78 is 0. The Bertz CT molecular complexity index is 670. The summed E-state index contributed by atoms with van der Waals surface area (Å²) in [6, 6.07) is 8.35. The van der Waals surface area contributed by atoms with Gasteiger partial charge in [-0.3, -0.25) is 10.1 Å². The van der Waals surface area contributed by atoms with Crippen LogP contribution in [0.3, 0.4) is 0 Å². The molecule has 0 heterocycles. The van der Waals surface area contributed by atoms with Gasteiger partial charge in [0, 0.05) is 23.9 Å². The zero-order valence-electron chi connectivity index (χ0n) is 11.1. The topological polar surface area (TPSA) is 95.6 Å². The number of nitrogens with zero attached hydrogens (tertiary/aromatic N) is 1. The molecular weight excluding hydrogens is 296 g/mol. The van der Waals surface area contributed by atoms with Gasteiger partial charge in [0.2, 0.25) is 0 Å².